The third-order valence-corrected chi connectivity index (χ3v) is 6.69. The third-order valence-electron chi connectivity index (χ3n) is 5.32. The maximum absolute atomic E-state index is 9.39. The van der Waals surface area contributed by atoms with Crippen LogP contribution in [0.25, 0.3) is 0 Å². The number of nitrogens with one attached hydrogen (secondary N) is 1. The Hall–Kier alpha value is -1.85. The number of rotatable bonds is 5. The van der Waals surface area contributed by atoms with Crippen molar-refractivity contribution in [2.75, 3.05) is 61.8 Å². The highest BCUT2D eigenvalue weighted by Crippen LogP contribution is 2.40. The van der Waals surface area contributed by atoms with E-state index in [0.29, 0.717) is 17.3 Å². The number of piperazine rings is 1. The van der Waals surface area contributed by atoms with Gasteiger partial charge < -0.3 is 15.0 Å². The molecule has 1 aromatic heterocycles. The van der Waals surface area contributed by atoms with Gasteiger partial charge in [0.25, 0.3) is 0 Å². The van der Waals surface area contributed by atoms with Crippen molar-refractivity contribution in [2.45, 2.75) is 11.9 Å². The van der Waals surface area contributed by atoms with Crippen LogP contribution >= 0.6 is 35.0 Å². The molecule has 6 nitrogen and oxygen atoms in total. The SMILES string of the molecule is Cc1cc(Cl)nc(SCCN2CCN(c3cc(Cl)cc4c3OCCN4)CC2)c1C#N. The third kappa shape index (κ3) is 4.73. The molecule has 0 amide bonds. The molecule has 2 aromatic rings. The molecule has 0 aliphatic carbocycles. The van der Waals surface area contributed by atoms with E-state index in [2.05, 4.69) is 26.2 Å². The zero-order valence-electron chi connectivity index (χ0n) is 16.8. The smallest absolute Gasteiger partial charge is 0.165 e. The Morgan fingerprint density at radius 3 is 2.80 bits per heavy atom. The van der Waals surface area contributed by atoms with E-state index in [1.807, 2.05) is 19.1 Å². The number of nitrogens with zero attached hydrogens (tertiary/aromatic N) is 4. The van der Waals surface area contributed by atoms with Crippen molar-refractivity contribution in [1.29, 1.82) is 5.26 Å². The van der Waals surface area contributed by atoms with Gasteiger partial charge in [0, 0.05) is 50.0 Å². The number of anilines is 2. The van der Waals surface area contributed by atoms with Gasteiger partial charge >= 0.3 is 0 Å². The minimum atomic E-state index is 0.434. The van der Waals surface area contributed by atoms with Crippen LogP contribution in [0.1, 0.15) is 11.1 Å². The van der Waals surface area contributed by atoms with Crippen LogP contribution in [0.2, 0.25) is 10.2 Å². The van der Waals surface area contributed by atoms with E-state index in [0.717, 1.165) is 77.8 Å². The van der Waals surface area contributed by atoms with Crippen molar-refractivity contribution in [2.24, 2.45) is 0 Å². The molecule has 1 N–H and O–H groups in total. The number of halogens is 2. The molecule has 0 unspecified atom stereocenters. The summed E-state index contributed by atoms with van der Waals surface area (Å²) in [5, 5.41) is 14.6. The fourth-order valence-corrected chi connectivity index (χ4v) is 5.33. The molecule has 0 spiro atoms. The summed E-state index contributed by atoms with van der Waals surface area (Å²) in [6, 6.07) is 7.90. The lowest BCUT2D eigenvalue weighted by molar-refractivity contribution is 0.270. The standard InChI is InChI=1S/C21H23Cl2N5OS/c1-14-10-19(23)26-21(16(14)13-24)30-9-7-27-3-5-28(6-4-27)18-12-15(22)11-17-20(18)29-8-2-25-17/h10-12,25H,2-9H2,1H3. The van der Waals surface area contributed by atoms with Gasteiger partial charge in [-0.2, -0.15) is 5.26 Å². The largest absolute Gasteiger partial charge is 0.487 e. The van der Waals surface area contributed by atoms with Crippen molar-refractivity contribution in [1.82, 2.24) is 9.88 Å². The molecule has 0 bridgehead atoms. The predicted octanol–water partition coefficient (Wildman–Crippen LogP) is 4.29. The van der Waals surface area contributed by atoms with Crippen molar-refractivity contribution in [3.63, 3.8) is 0 Å². The number of aromatic nitrogens is 1. The molecule has 0 saturated carbocycles. The number of aryl methyl sites for hydroxylation is 1. The number of hydrogen-bond acceptors (Lipinski definition) is 7. The van der Waals surface area contributed by atoms with Crippen molar-refractivity contribution < 1.29 is 4.74 Å². The Labute approximate surface area is 191 Å². The molecule has 1 saturated heterocycles. The fourth-order valence-electron chi connectivity index (χ4n) is 3.76. The molecular weight excluding hydrogens is 441 g/mol. The summed E-state index contributed by atoms with van der Waals surface area (Å²) in [6.45, 7) is 8.04. The van der Waals surface area contributed by atoms with Gasteiger partial charge in [-0.15, -0.1) is 11.8 Å². The van der Waals surface area contributed by atoms with E-state index in [1.165, 1.54) is 0 Å². The first kappa shape index (κ1) is 21.4. The summed E-state index contributed by atoms with van der Waals surface area (Å²) in [5.74, 6) is 1.77. The Morgan fingerprint density at radius 2 is 2.03 bits per heavy atom. The summed E-state index contributed by atoms with van der Waals surface area (Å²) in [6.07, 6.45) is 0. The second-order valence-electron chi connectivity index (χ2n) is 7.31. The number of ether oxygens (including phenoxy) is 1. The first-order chi connectivity index (χ1) is 14.5. The molecule has 3 heterocycles. The Bertz CT molecular complexity index is 973. The quantitative estimate of drug-likeness (QED) is 0.523. The van der Waals surface area contributed by atoms with Gasteiger partial charge in [0.05, 0.1) is 16.9 Å². The number of hydrogen-bond donors (Lipinski definition) is 1. The van der Waals surface area contributed by atoms with Crippen LogP contribution in [0.5, 0.6) is 5.75 Å². The Kier molecular flexibility index (Phi) is 6.79. The zero-order valence-corrected chi connectivity index (χ0v) is 19.1. The van der Waals surface area contributed by atoms with Crippen molar-refractivity contribution in [3.05, 3.63) is 39.5 Å². The lowest BCUT2D eigenvalue weighted by Gasteiger charge is -2.37. The highest BCUT2D eigenvalue weighted by Gasteiger charge is 2.24. The lowest BCUT2D eigenvalue weighted by atomic mass is 10.2. The molecule has 158 valence electrons. The molecule has 4 rings (SSSR count). The molecule has 0 atom stereocenters. The molecular formula is C21H23Cl2N5OS. The summed E-state index contributed by atoms with van der Waals surface area (Å²) in [7, 11) is 0. The molecule has 1 fully saturated rings. The Balaban J connectivity index is 1.33. The highest BCUT2D eigenvalue weighted by molar-refractivity contribution is 7.99. The second kappa shape index (κ2) is 9.52. The normalized spacial score (nSPS) is 16.4. The van der Waals surface area contributed by atoms with Crippen LogP contribution in [0.3, 0.4) is 0 Å². The van der Waals surface area contributed by atoms with Gasteiger partial charge in [-0.3, -0.25) is 4.90 Å². The van der Waals surface area contributed by atoms with E-state index >= 15 is 0 Å². The van der Waals surface area contributed by atoms with E-state index < -0.39 is 0 Å². The first-order valence-corrected chi connectivity index (χ1v) is 11.7. The van der Waals surface area contributed by atoms with Crippen LogP contribution in [0.15, 0.2) is 23.2 Å². The molecule has 2 aliphatic rings. The molecule has 2 aliphatic heterocycles. The number of benzene rings is 1. The maximum Gasteiger partial charge on any atom is 0.165 e. The monoisotopic (exact) mass is 463 g/mol. The topological polar surface area (TPSA) is 64.4 Å². The summed E-state index contributed by atoms with van der Waals surface area (Å²) in [4.78, 5) is 9.11. The maximum atomic E-state index is 9.39. The molecule has 9 heteroatoms. The molecule has 0 radical (unpaired) electrons. The van der Waals surface area contributed by atoms with E-state index in [1.54, 1.807) is 17.8 Å². The minimum absolute atomic E-state index is 0.434. The van der Waals surface area contributed by atoms with Gasteiger partial charge in [-0.05, 0) is 30.7 Å². The number of thioether (sulfide) groups is 1. The van der Waals surface area contributed by atoms with E-state index in [9.17, 15) is 5.26 Å². The van der Waals surface area contributed by atoms with Gasteiger partial charge in [-0.1, -0.05) is 23.2 Å². The van der Waals surface area contributed by atoms with Gasteiger partial charge in [-0.25, -0.2) is 4.98 Å². The predicted molar refractivity (Wildman–Crippen MR) is 124 cm³/mol. The second-order valence-corrected chi connectivity index (χ2v) is 9.22. The minimum Gasteiger partial charge on any atom is -0.487 e. The van der Waals surface area contributed by atoms with Gasteiger partial charge in [0.15, 0.2) is 5.75 Å². The fraction of sp³-hybridized carbons (Fsp3) is 0.429. The number of fused-ring (bicyclic) bond motifs is 1. The van der Waals surface area contributed by atoms with Crippen LogP contribution in [-0.4, -0.2) is 61.5 Å². The average Bonchev–Trinajstić information content (AvgIpc) is 2.73. The number of pyridine rings is 1. The highest BCUT2D eigenvalue weighted by atomic mass is 35.5. The van der Waals surface area contributed by atoms with E-state index in [-0.39, 0.29) is 0 Å². The van der Waals surface area contributed by atoms with E-state index in [4.69, 9.17) is 27.9 Å². The zero-order chi connectivity index (χ0) is 21.1. The van der Waals surface area contributed by atoms with Gasteiger partial charge in [0.1, 0.15) is 22.9 Å². The van der Waals surface area contributed by atoms with Crippen LogP contribution in [0, 0.1) is 18.3 Å². The number of nitriles is 1. The van der Waals surface area contributed by atoms with Crippen LogP contribution in [0.4, 0.5) is 11.4 Å². The molecule has 1 aromatic carbocycles. The summed E-state index contributed by atoms with van der Waals surface area (Å²) in [5.41, 5.74) is 3.53. The first-order valence-electron chi connectivity index (χ1n) is 9.92. The van der Waals surface area contributed by atoms with Crippen molar-refractivity contribution in [3.8, 4) is 11.8 Å². The lowest BCUT2D eigenvalue weighted by Crippen LogP contribution is -2.47. The van der Waals surface area contributed by atoms with Crippen molar-refractivity contribution >= 4 is 46.3 Å². The van der Waals surface area contributed by atoms with Gasteiger partial charge in [0.2, 0.25) is 0 Å². The molecule has 30 heavy (non-hydrogen) atoms. The van der Waals surface area contributed by atoms with Crippen LogP contribution in [-0.2, 0) is 0 Å². The summed E-state index contributed by atoms with van der Waals surface area (Å²) < 4.78 is 5.92. The van der Waals surface area contributed by atoms with Crippen LogP contribution < -0.4 is 15.0 Å². The Morgan fingerprint density at radius 1 is 1.23 bits per heavy atom. The average molecular weight is 464 g/mol. The summed E-state index contributed by atoms with van der Waals surface area (Å²) >= 11 is 14.0.